The van der Waals surface area contributed by atoms with E-state index in [2.05, 4.69) is 31.3 Å². The average Bonchev–Trinajstić information content (AvgIpc) is 3.48. The van der Waals surface area contributed by atoms with Crippen molar-refractivity contribution >= 4 is 5.91 Å². The monoisotopic (exact) mass is 1130 g/mol. The predicted octanol–water partition coefficient (Wildman–Crippen LogP) is 12.4. The van der Waals surface area contributed by atoms with Gasteiger partial charge in [0.05, 0.1) is 32.0 Å². The number of ether oxygens (including phenoxy) is 4. The van der Waals surface area contributed by atoms with E-state index in [1.807, 2.05) is 6.08 Å². The van der Waals surface area contributed by atoms with Crippen LogP contribution in [0.2, 0.25) is 0 Å². The van der Waals surface area contributed by atoms with E-state index in [4.69, 9.17) is 18.9 Å². The van der Waals surface area contributed by atoms with Crippen molar-refractivity contribution in [2.24, 2.45) is 0 Å². The summed E-state index contributed by atoms with van der Waals surface area (Å²) in [5.41, 5.74) is 0. The molecule has 1 amide bonds. The number of hydrogen-bond acceptors (Lipinski definition) is 13. The number of carbonyl (C=O) groups excluding carboxylic acids is 1. The molecule has 12 atom stereocenters. The van der Waals surface area contributed by atoms with Crippen LogP contribution in [0.1, 0.15) is 290 Å². The molecule has 0 spiro atoms. The van der Waals surface area contributed by atoms with Crippen LogP contribution >= 0.6 is 0 Å². The molecule has 466 valence electrons. The van der Waals surface area contributed by atoms with Crippen LogP contribution in [0.4, 0.5) is 0 Å². The number of aliphatic hydroxyl groups excluding tert-OH is 8. The van der Waals surface area contributed by atoms with Gasteiger partial charge in [0.1, 0.15) is 48.8 Å². The Morgan fingerprint density at radius 1 is 0.443 bits per heavy atom. The van der Waals surface area contributed by atoms with Gasteiger partial charge < -0.3 is 65.1 Å². The summed E-state index contributed by atoms with van der Waals surface area (Å²) in [6.45, 7) is 2.65. The quantitative estimate of drug-likeness (QED) is 0.0204. The topological polar surface area (TPSA) is 228 Å². The fraction of sp³-hybridized carbons (Fsp3) is 0.923. The first-order valence-electron chi connectivity index (χ1n) is 33.1. The van der Waals surface area contributed by atoms with Crippen LogP contribution < -0.4 is 5.32 Å². The van der Waals surface area contributed by atoms with Gasteiger partial charge in [-0.1, -0.05) is 269 Å². The first kappa shape index (κ1) is 73.6. The average molecular weight is 1130 g/mol. The summed E-state index contributed by atoms with van der Waals surface area (Å²) in [6, 6.07) is -0.907. The molecule has 2 aliphatic heterocycles. The number of hydrogen-bond donors (Lipinski definition) is 9. The molecule has 2 saturated heterocycles. The van der Waals surface area contributed by atoms with Crippen LogP contribution in [-0.4, -0.2) is 140 Å². The van der Waals surface area contributed by atoms with Gasteiger partial charge in [0, 0.05) is 6.42 Å². The van der Waals surface area contributed by atoms with Gasteiger partial charge in [-0.3, -0.25) is 4.79 Å². The second-order valence-corrected chi connectivity index (χ2v) is 23.6. The van der Waals surface area contributed by atoms with Crippen LogP contribution in [0.15, 0.2) is 24.3 Å². The molecular weight excluding hydrogens is 1000 g/mol. The maximum atomic E-state index is 13.1. The van der Waals surface area contributed by atoms with E-state index < -0.39 is 86.8 Å². The maximum Gasteiger partial charge on any atom is 0.220 e. The molecule has 12 unspecified atom stereocenters. The third-order valence-corrected chi connectivity index (χ3v) is 16.4. The van der Waals surface area contributed by atoms with Crippen LogP contribution in [0.5, 0.6) is 0 Å². The van der Waals surface area contributed by atoms with E-state index in [1.54, 1.807) is 6.08 Å². The number of rotatable bonds is 54. The second-order valence-electron chi connectivity index (χ2n) is 23.6. The standard InChI is InChI=1S/C65H123NO13/c1-3-5-7-9-10-11-12-13-14-15-16-17-18-19-20-21-22-23-24-25-26-27-28-29-30-31-32-33-34-35-36-37-38-39-40-41-42-43-44-45-47-49-57(70)66-53(54(69)48-46-8-6-4-2)52-76-64-62(75)60(73)63(56(51-68)78-64)79-65-61(74)59(72)58(71)55(50-67)77-65/h15-16,46,48,53-56,58-65,67-69,71-75H,3-14,17-45,47,49-52H2,1-2H3,(H,66,70)/b16-15-,48-46+. The van der Waals surface area contributed by atoms with E-state index >= 15 is 0 Å². The van der Waals surface area contributed by atoms with E-state index in [0.717, 1.165) is 38.5 Å². The summed E-state index contributed by atoms with van der Waals surface area (Å²) in [5.74, 6) is -0.244. The molecule has 9 N–H and O–H groups in total. The number of carbonyl (C=O) groups is 1. The fourth-order valence-electron chi connectivity index (χ4n) is 11.0. The Hall–Kier alpha value is -1.53. The smallest absolute Gasteiger partial charge is 0.220 e. The lowest BCUT2D eigenvalue weighted by Crippen LogP contribution is -2.65. The molecular formula is C65H123NO13. The van der Waals surface area contributed by atoms with Crippen molar-refractivity contribution in [1.82, 2.24) is 5.32 Å². The van der Waals surface area contributed by atoms with Gasteiger partial charge in [-0.25, -0.2) is 0 Å². The van der Waals surface area contributed by atoms with E-state index in [9.17, 15) is 45.6 Å². The molecule has 0 aromatic heterocycles. The van der Waals surface area contributed by atoms with Crippen LogP contribution in [-0.2, 0) is 23.7 Å². The van der Waals surface area contributed by atoms with Crippen molar-refractivity contribution in [3.05, 3.63) is 24.3 Å². The summed E-state index contributed by atoms with van der Waals surface area (Å²) < 4.78 is 22.6. The molecule has 0 aromatic rings. The summed E-state index contributed by atoms with van der Waals surface area (Å²) in [5, 5.41) is 86.3. The fourth-order valence-corrected chi connectivity index (χ4v) is 11.0. The molecule has 79 heavy (non-hydrogen) atoms. The molecule has 14 heteroatoms. The second kappa shape index (κ2) is 50.9. The van der Waals surface area contributed by atoms with Gasteiger partial charge >= 0.3 is 0 Å². The zero-order chi connectivity index (χ0) is 57.4. The minimum absolute atomic E-state index is 0.244. The largest absolute Gasteiger partial charge is 0.394 e. The van der Waals surface area contributed by atoms with E-state index in [1.165, 1.54) is 225 Å². The number of unbranched alkanes of at least 4 members (excludes halogenated alkanes) is 39. The molecule has 2 heterocycles. The molecule has 0 bridgehead atoms. The Morgan fingerprint density at radius 2 is 0.810 bits per heavy atom. The Bertz CT molecular complexity index is 1420. The van der Waals surface area contributed by atoms with Crippen LogP contribution in [0.25, 0.3) is 0 Å². The third-order valence-electron chi connectivity index (χ3n) is 16.4. The molecule has 2 fully saturated rings. The number of allylic oxidation sites excluding steroid dienone is 3. The minimum atomic E-state index is -1.78. The van der Waals surface area contributed by atoms with Gasteiger partial charge in [0.25, 0.3) is 0 Å². The highest BCUT2D eigenvalue weighted by Crippen LogP contribution is 2.30. The lowest BCUT2D eigenvalue weighted by Gasteiger charge is -2.46. The molecule has 0 aliphatic carbocycles. The summed E-state index contributed by atoms with van der Waals surface area (Å²) in [7, 11) is 0. The highest BCUT2D eigenvalue weighted by atomic mass is 16.7. The molecule has 0 radical (unpaired) electrons. The number of nitrogens with one attached hydrogen (secondary N) is 1. The SMILES string of the molecule is CCCC/C=C/C(O)C(COC1OC(CO)C(OC2OC(CO)C(O)C(O)C2O)C(O)C1O)NC(=O)CCCCCCCCCCCCCCCCCCCCCCCCCCCCCCC/C=C\CCCCCCCCCC. The highest BCUT2D eigenvalue weighted by molar-refractivity contribution is 5.76. The Morgan fingerprint density at radius 3 is 1.23 bits per heavy atom. The molecule has 2 rings (SSSR count). The van der Waals surface area contributed by atoms with E-state index in [0.29, 0.717) is 6.42 Å². The highest BCUT2D eigenvalue weighted by Gasteiger charge is 2.51. The Kier molecular flexibility index (Phi) is 47.4. The lowest BCUT2D eigenvalue weighted by atomic mass is 9.97. The third kappa shape index (κ3) is 36.0. The van der Waals surface area contributed by atoms with Crippen molar-refractivity contribution in [3.63, 3.8) is 0 Å². The van der Waals surface area contributed by atoms with Crippen LogP contribution in [0, 0.1) is 0 Å². The predicted molar refractivity (Wildman–Crippen MR) is 318 cm³/mol. The van der Waals surface area contributed by atoms with Gasteiger partial charge in [-0.2, -0.15) is 0 Å². The summed E-state index contributed by atoms with van der Waals surface area (Å²) >= 11 is 0. The zero-order valence-corrected chi connectivity index (χ0v) is 50.4. The van der Waals surface area contributed by atoms with Crippen molar-refractivity contribution in [3.8, 4) is 0 Å². The van der Waals surface area contributed by atoms with Crippen molar-refractivity contribution in [2.75, 3.05) is 19.8 Å². The van der Waals surface area contributed by atoms with Gasteiger partial charge in [0.2, 0.25) is 5.91 Å². The summed E-state index contributed by atoms with van der Waals surface area (Å²) in [4.78, 5) is 13.1. The first-order valence-corrected chi connectivity index (χ1v) is 33.1. The molecule has 0 saturated carbocycles. The maximum absolute atomic E-state index is 13.1. The van der Waals surface area contributed by atoms with E-state index in [-0.39, 0.29) is 18.9 Å². The summed E-state index contributed by atoms with van der Waals surface area (Å²) in [6.07, 6.45) is 46.7. The minimum Gasteiger partial charge on any atom is -0.394 e. The lowest BCUT2D eigenvalue weighted by molar-refractivity contribution is -0.359. The molecule has 0 aromatic carbocycles. The van der Waals surface area contributed by atoms with Gasteiger partial charge in [-0.05, 0) is 38.5 Å². The zero-order valence-electron chi connectivity index (χ0n) is 50.4. The van der Waals surface area contributed by atoms with Crippen LogP contribution in [0.3, 0.4) is 0 Å². The van der Waals surface area contributed by atoms with Crippen molar-refractivity contribution < 1.29 is 64.6 Å². The number of amides is 1. The van der Waals surface area contributed by atoms with Gasteiger partial charge in [0.15, 0.2) is 12.6 Å². The first-order chi connectivity index (χ1) is 38.6. The van der Waals surface area contributed by atoms with Crippen molar-refractivity contribution in [1.29, 1.82) is 0 Å². The Labute approximate surface area is 481 Å². The normalized spacial score (nSPS) is 24.5. The Balaban J connectivity index is 1.41. The number of aliphatic hydroxyl groups is 8. The molecule has 2 aliphatic rings. The molecule has 14 nitrogen and oxygen atoms in total. The van der Waals surface area contributed by atoms with Crippen molar-refractivity contribution in [2.45, 2.75) is 364 Å². The van der Waals surface area contributed by atoms with Gasteiger partial charge in [-0.15, -0.1) is 0 Å².